The predicted molar refractivity (Wildman–Crippen MR) is 74.5 cm³/mol. The number of carboxylic acids is 1. The molecule has 3 nitrogen and oxygen atoms in total. The Morgan fingerprint density at radius 2 is 2.11 bits per heavy atom. The van der Waals surface area contributed by atoms with E-state index in [1.54, 1.807) is 12.3 Å². The van der Waals surface area contributed by atoms with Gasteiger partial charge in [-0.1, -0.05) is 23.4 Å². The summed E-state index contributed by atoms with van der Waals surface area (Å²) in [6, 6.07) is 8.38. The summed E-state index contributed by atoms with van der Waals surface area (Å²) in [5, 5.41) is 10.0. The number of halogens is 2. The summed E-state index contributed by atoms with van der Waals surface area (Å²) in [6.07, 6.45) is 1.70. The zero-order valence-corrected chi connectivity index (χ0v) is 12.1. The van der Waals surface area contributed by atoms with Crippen LogP contribution in [-0.4, -0.2) is 16.1 Å². The molecule has 0 spiro atoms. The summed E-state index contributed by atoms with van der Waals surface area (Å²) in [6.45, 7) is 0. The van der Waals surface area contributed by atoms with Gasteiger partial charge in [0.1, 0.15) is 5.03 Å². The van der Waals surface area contributed by atoms with E-state index in [1.807, 2.05) is 12.1 Å². The SMILES string of the molecule is O=C(O)c1ccc(Sc2ccc(Br)cn2)c(Cl)c1. The van der Waals surface area contributed by atoms with Crippen LogP contribution >= 0.6 is 39.3 Å². The van der Waals surface area contributed by atoms with Crippen LogP contribution in [0.4, 0.5) is 0 Å². The Morgan fingerprint density at radius 1 is 1.33 bits per heavy atom. The number of pyridine rings is 1. The first-order valence-electron chi connectivity index (χ1n) is 4.88. The maximum Gasteiger partial charge on any atom is 0.335 e. The van der Waals surface area contributed by atoms with E-state index in [2.05, 4.69) is 20.9 Å². The predicted octanol–water partition coefficient (Wildman–Crippen LogP) is 4.35. The minimum absolute atomic E-state index is 0.174. The standard InChI is InChI=1S/C12H7BrClNO2S/c13-8-2-4-11(15-6-8)18-10-3-1-7(12(16)17)5-9(10)14/h1-6H,(H,16,17). The average molecular weight is 345 g/mol. The fraction of sp³-hybridized carbons (Fsp3) is 0. The van der Waals surface area contributed by atoms with E-state index in [0.29, 0.717) is 5.02 Å². The molecule has 1 N–H and O–H groups in total. The summed E-state index contributed by atoms with van der Waals surface area (Å²) in [5.74, 6) is -0.991. The Kier molecular flexibility index (Phi) is 4.27. The lowest BCUT2D eigenvalue weighted by atomic mass is 10.2. The molecule has 6 heteroatoms. The van der Waals surface area contributed by atoms with Gasteiger partial charge in [0.2, 0.25) is 0 Å². The summed E-state index contributed by atoms with van der Waals surface area (Å²) in [5.41, 5.74) is 0.174. The van der Waals surface area contributed by atoms with Crippen LogP contribution in [0.25, 0.3) is 0 Å². The smallest absolute Gasteiger partial charge is 0.335 e. The molecule has 0 unspecified atom stereocenters. The minimum Gasteiger partial charge on any atom is -0.478 e. The van der Waals surface area contributed by atoms with Crippen LogP contribution in [0.1, 0.15) is 10.4 Å². The molecule has 0 aliphatic heterocycles. The first-order chi connectivity index (χ1) is 8.56. The molecule has 0 radical (unpaired) electrons. The number of aromatic carboxylic acids is 1. The van der Waals surface area contributed by atoms with Crippen LogP contribution in [-0.2, 0) is 0 Å². The second-order valence-electron chi connectivity index (χ2n) is 3.37. The van der Waals surface area contributed by atoms with Crippen molar-refractivity contribution < 1.29 is 9.90 Å². The molecular formula is C12H7BrClNO2S. The van der Waals surface area contributed by atoms with Gasteiger partial charge in [0.05, 0.1) is 10.6 Å². The molecule has 1 heterocycles. The number of hydrogen-bond acceptors (Lipinski definition) is 3. The quantitative estimate of drug-likeness (QED) is 0.899. The van der Waals surface area contributed by atoms with E-state index in [1.165, 1.54) is 23.9 Å². The van der Waals surface area contributed by atoms with Crippen molar-refractivity contribution in [3.63, 3.8) is 0 Å². The lowest BCUT2D eigenvalue weighted by Crippen LogP contribution is -1.95. The lowest BCUT2D eigenvalue weighted by molar-refractivity contribution is 0.0697. The van der Waals surface area contributed by atoms with E-state index in [0.717, 1.165) is 14.4 Å². The van der Waals surface area contributed by atoms with E-state index in [-0.39, 0.29) is 5.56 Å². The highest BCUT2D eigenvalue weighted by atomic mass is 79.9. The minimum atomic E-state index is -0.991. The number of carboxylic acid groups (broad SMARTS) is 1. The van der Waals surface area contributed by atoms with E-state index in [9.17, 15) is 4.79 Å². The molecule has 1 aromatic carbocycles. The largest absolute Gasteiger partial charge is 0.478 e. The van der Waals surface area contributed by atoms with E-state index >= 15 is 0 Å². The zero-order valence-electron chi connectivity index (χ0n) is 8.93. The summed E-state index contributed by atoms with van der Waals surface area (Å²) < 4.78 is 0.902. The molecule has 0 saturated carbocycles. The van der Waals surface area contributed by atoms with Crippen molar-refractivity contribution in [1.29, 1.82) is 0 Å². The molecule has 0 bridgehead atoms. The highest BCUT2D eigenvalue weighted by Gasteiger charge is 2.08. The monoisotopic (exact) mass is 343 g/mol. The molecule has 0 fully saturated rings. The molecular weight excluding hydrogens is 338 g/mol. The normalized spacial score (nSPS) is 10.3. The van der Waals surface area contributed by atoms with Crippen LogP contribution in [0, 0.1) is 0 Å². The highest BCUT2D eigenvalue weighted by molar-refractivity contribution is 9.10. The molecule has 0 atom stereocenters. The number of hydrogen-bond donors (Lipinski definition) is 1. The van der Waals surface area contributed by atoms with E-state index < -0.39 is 5.97 Å². The van der Waals surface area contributed by atoms with Crippen LogP contribution in [0.3, 0.4) is 0 Å². The number of carbonyl (C=O) groups is 1. The van der Waals surface area contributed by atoms with Gasteiger partial charge in [-0.3, -0.25) is 0 Å². The van der Waals surface area contributed by atoms with Crippen molar-refractivity contribution in [1.82, 2.24) is 4.98 Å². The van der Waals surface area contributed by atoms with Gasteiger partial charge in [-0.2, -0.15) is 0 Å². The molecule has 2 rings (SSSR count). The van der Waals surface area contributed by atoms with Gasteiger partial charge < -0.3 is 5.11 Å². The highest BCUT2D eigenvalue weighted by Crippen LogP contribution is 2.33. The zero-order chi connectivity index (χ0) is 13.1. The van der Waals surface area contributed by atoms with Crippen molar-refractivity contribution in [3.8, 4) is 0 Å². The molecule has 2 aromatic rings. The maximum atomic E-state index is 10.8. The van der Waals surface area contributed by atoms with Gasteiger partial charge in [-0.25, -0.2) is 9.78 Å². The molecule has 0 amide bonds. The lowest BCUT2D eigenvalue weighted by Gasteiger charge is -2.04. The average Bonchev–Trinajstić information content (AvgIpc) is 2.34. The molecule has 0 aliphatic rings. The molecule has 18 heavy (non-hydrogen) atoms. The third-order valence-corrected chi connectivity index (χ3v) is 4.01. The van der Waals surface area contributed by atoms with Crippen LogP contribution in [0.5, 0.6) is 0 Å². The Bertz CT molecular complexity index is 589. The van der Waals surface area contributed by atoms with Gasteiger partial charge >= 0.3 is 5.97 Å². The second-order valence-corrected chi connectivity index (χ2v) is 5.75. The molecule has 92 valence electrons. The third kappa shape index (κ3) is 3.25. The Labute approximate surface area is 121 Å². The molecule has 0 aliphatic carbocycles. The van der Waals surface area contributed by atoms with Gasteiger partial charge in [-0.05, 0) is 46.3 Å². The number of rotatable bonds is 3. The first kappa shape index (κ1) is 13.4. The van der Waals surface area contributed by atoms with Gasteiger partial charge in [0, 0.05) is 15.6 Å². The van der Waals surface area contributed by atoms with Crippen molar-refractivity contribution >= 4 is 45.3 Å². The van der Waals surface area contributed by atoms with Gasteiger partial charge in [0.15, 0.2) is 0 Å². The Balaban J connectivity index is 2.24. The summed E-state index contributed by atoms with van der Waals surface area (Å²) in [4.78, 5) is 15.8. The number of nitrogens with zero attached hydrogens (tertiary/aromatic N) is 1. The Morgan fingerprint density at radius 3 is 2.67 bits per heavy atom. The molecule has 1 aromatic heterocycles. The van der Waals surface area contributed by atoms with Crippen molar-refractivity contribution in [2.24, 2.45) is 0 Å². The first-order valence-corrected chi connectivity index (χ1v) is 6.87. The van der Waals surface area contributed by atoms with Gasteiger partial charge in [0.25, 0.3) is 0 Å². The van der Waals surface area contributed by atoms with Crippen LogP contribution in [0.15, 0.2) is 50.9 Å². The van der Waals surface area contributed by atoms with Crippen LogP contribution in [0.2, 0.25) is 5.02 Å². The van der Waals surface area contributed by atoms with Crippen molar-refractivity contribution in [2.45, 2.75) is 9.92 Å². The maximum absolute atomic E-state index is 10.8. The summed E-state index contributed by atoms with van der Waals surface area (Å²) in [7, 11) is 0. The van der Waals surface area contributed by atoms with E-state index in [4.69, 9.17) is 16.7 Å². The Hall–Kier alpha value is -1.04. The molecule has 0 saturated heterocycles. The third-order valence-electron chi connectivity index (χ3n) is 2.09. The fourth-order valence-electron chi connectivity index (χ4n) is 1.25. The number of aromatic nitrogens is 1. The fourth-order valence-corrected chi connectivity index (χ4v) is 2.54. The van der Waals surface area contributed by atoms with Gasteiger partial charge in [-0.15, -0.1) is 0 Å². The topological polar surface area (TPSA) is 50.2 Å². The van der Waals surface area contributed by atoms with Crippen LogP contribution < -0.4 is 0 Å². The number of benzene rings is 1. The van der Waals surface area contributed by atoms with Crippen molar-refractivity contribution in [2.75, 3.05) is 0 Å². The second kappa shape index (κ2) is 5.73. The summed E-state index contributed by atoms with van der Waals surface area (Å²) >= 11 is 10.7. The van der Waals surface area contributed by atoms with Crippen molar-refractivity contribution in [3.05, 3.63) is 51.6 Å².